The van der Waals surface area contributed by atoms with Crippen molar-refractivity contribution in [3.63, 3.8) is 0 Å². The van der Waals surface area contributed by atoms with Gasteiger partial charge in [0.15, 0.2) is 0 Å². The summed E-state index contributed by atoms with van der Waals surface area (Å²) in [5, 5.41) is 14.8. The van der Waals surface area contributed by atoms with Crippen molar-refractivity contribution in [2.24, 2.45) is 0 Å². The van der Waals surface area contributed by atoms with Crippen molar-refractivity contribution in [1.29, 1.82) is 0 Å². The van der Waals surface area contributed by atoms with Gasteiger partial charge in [-0.15, -0.1) is 12.4 Å². The largest absolute Gasteiger partial charge is 0.385 e. The zero-order valence-corrected chi connectivity index (χ0v) is 16.5. The molecule has 1 heterocycles. The van der Waals surface area contributed by atoms with Crippen LogP contribution in [-0.4, -0.2) is 36.5 Å². The average Bonchev–Trinajstić information content (AvgIpc) is 2.71. The van der Waals surface area contributed by atoms with Gasteiger partial charge in [-0.1, -0.05) is 36.8 Å². The van der Waals surface area contributed by atoms with Crippen LogP contribution in [0, 0.1) is 0 Å². The van der Waals surface area contributed by atoms with E-state index in [1.165, 1.54) is 0 Å². The molecule has 2 aromatic carbocycles. The Morgan fingerprint density at radius 2 is 1.71 bits per heavy atom. The van der Waals surface area contributed by atoms with Gasteiger partial charge in [-0.2, -0.15) is 5.10 Å². The van der Waals surface area contributed by atoms with Gasteiger partial charge in [0, 0.05) is 29.7 Å². The normalized spacial score (nSPS) is 10.6. The number of unbranched alkanes of at least 4 members (excludes halogenated alkanes) is 2. The zero-order chi connectivity index (χ0) is 18.9. The summed E-state index contributed by atoms with van der Waals surface area (Å²) >= 11 is 0. The number of nitrogens with zero attached hydrogens (tertiary/aromatic N) is 1. The number of hydrogen-bond donors (Lipinski definition) is 3. The Hall–Kier alpha value is -2.44. The summed E-state index contributed by atoms with van der Waals surface area (Å²) in [6, 6.07) is 15.6. The van der Waals surface area contributed by atoms with Crippen LogP contribution in [0.5, 0.6) is 0 Å². The molecule has 5 nitrogen and oxygen atoms in total. The average molecular weight is 405 g/mol. The summed E-state index contributed by atoms with van der Waals surface area (Å²) in [4.78, 5) is 12.0. The number of aromatic amines is 1. The van der Waals surface area contributed by atoms with Crippen molar-refractivity contribution in [2.45, 2.75) is 19.3 Å². The molecule has 150 valence electrons. The summed E-state index contributed by atoms with van der Waals surface area (Å²) < 4.78 is 12.0. The molecule has 0 saturated carbocycles. The van der Waals surface area contributed by atoms with Crippen LogP contribution >= 0.6 is 12.4 Å². The molecule has 0 amide bonds. The zero-order valence-electron chi connectivity index (χ0n) is 15.7. The van der Waals surface area contributed by atoms with Gasteiger partial charge in [0.25, 0.3) is 5.56 Å². The predicted molar refractivity (Wildman–Crippen MR) is 116 cm³/mol. The minimum absolute atomic E-state index is 0. The molecule has 3 rings (SSSR count). The number of aromatic nitrogens is 2. The van der Waals surface area contributed by atoms with Gasteiger partial charge in [-0.05, 0) is 37.6 Å². The highest BCUT2D eigenvalue weighted by Gasteiger charge is 2.08. The first-order chi connectivity index (χ1) is 13.3. The molecule has 3 aromatic rings. The minimum Gasteiger partial charge on any atom is -0.385 e. The van der Waals surface area contributed by atoms with E-state index >= 15 is 0 Å². The van der Waals surface area contributed by atoms with Crippen molar-refractivity contribution in [3.8, 4) is 11.3 Å². The van der Waals surface area contributed by atoms with Crippen molar-refractivity contribution in [1.82, 2.24) is 15.5 Å². The van der Waals surface area contributed by atoms with Gasteiger partial charge in [0.1, 0.15) is 6.67 Å². The lowest BCUT2D eigenvalue weighted by Crippen LogP contribution is -2.18. The number of rotatable bonds is 10. The van der Waals surface area contributed by atoms with E-state index in [0.717, 1.165) is 54.7 Å². The predicted octanol–water partition coefficient (Wildman–Crippen LogP) is 4.15. The Labute approximate surface area is 170 Å². The number of nitrogens with one attached hydrogen (secondary N) is 3. The van der Waals surface area contributed by atoms with Crippen LogP contribution in [0.2, 0.25) is 0 Å². The van der Waals surface area contributed by atoms with E-state index in [9.17, 15) is 9.18 Å². The second-order valence-electron chi connectivity index (χ2n) is 6.45. The number of anilines is 1. The third kappa shape index (κ3) is 5.78. The topological polar surface area (TPSA) is 69.8 Å². The van der Waals surface area contributed by atoms with Gasteiger partial charge in [-0.25, -0.2) is 9.49 Å². The van der Waals surface area contributed by atoms with Crippen molar-refractivity contribution in [2.75, 3.05) is 31.6 Å². The molecule has 0 radical (unpaired) electrons. The summed E-state index contributed by atoms with van der Waals surface area (Å²) in [7, 11) is 0. The van der Waals surface area contributed by atoms with E-state index in [2.05, 4.69) is 26.9 Å². The van der Waals surface area contributed by atoms with Crippen LogP contribution in [-0.2, 0) is 0 Å². The molecule has 7 heteroatoms. The monoisotopic (exact) mass is 404 g/mol. The lowest BCUT2D eigenvalue weighted by molar-refractivity contribution is 0.462. The van der Waals surface area contributed by atoms with E-state index in [-0.39, 0.29) is 24.6 Å². The molecule has 0 spiro atoms. The summed E-state index contributed by atoms with van der Waals surface area (Å²) in [5.74, 6) is 0. The van der Waals surface area contributed by atoms with E-state index in [1.807, 2.05) is 42.5 Å². The molecular formula is C21H26ClFN4O. The number of hydrogen-bond acceptors (Lipinski definition) is 4. The Balaban J connectivity index is 0.00000280. The number of halogens is 2. The Kier molecular flexibility index (Phi) is 8.91. The van der Waals surface area contributed by atoms with Crippen molar-refractivity contribution >= 4 is 28.9 Å². The second-order valence-corrected chi connectivity index (χ2v) is 6.45. The van der Waals surface area contributed by atoms with E-state index in [0.29, 0.717) is 11.9 Å². The van der Waals surface area contributed by atoms with Gasteiger partial charge in [0.2, 0.25) is 0 Å². The quantitative estimate of drug-likeness (QED) is 0.444. The van der Waals surface area contributed by atoms with Gasteiger partial charge in [0.05, 0.1) is 11.1 Å². The van der Waals surface area contributed by atoms with E-state index in [4.69, 9.17) is 0 Å². The molecule has 0 saturated heterocycles. The fourth-order valence-electron chi connectivity index (χ4n) is 3.09. The number of benzene rings is 2. The molecule has 0 fully saturated rings. The lowest BCUT2D eigenvalue weighted by atomic mass is 10.0. The summed E-state index contributed by atoms with van der Waals surface area (Å²) in [5.41, 5.74) is 2.58. The Morgan fingerprint density at radius 3 is 2.54 bits per heavy atom. The molecule has 0 aliphatic carbocycles. The molecule has 3 N–H and O–H groups in total. The third-order valence-corrected chi connectivity index (χ3v) is 4.46. The molecule has 1 aromatic heterocycles. The number of alkyl halides is 1. The number of fused-ring (bicyclic) bond motifs is 1. The lowest BCUT2D eigenvalue weighted by Gasteiger charge is -2.10. The minimum atomic E-state index is -0.308. The fraction of sp³-hybridized carbons (Fsp3) is 0.333. The van der Waals surface area contributed by atoms with Crippen LogP contribution in [0.1, 0.15) is 19.3 Å². The SMILES string of the molecule is Cl.O=c1[nH]nc(-c2cccc(NCCCCCNCCF)c2)c2ccccc12. The fourth-order valence-corrected chi connectivity index (χ4v) is 3.09. The maximum atomic E-state index is 12.0. The number of H-pyrrole nitrogens is 1. The maximum Gasteiger partial charge on any atom is 0.272 e. The van der Waals surface area contributed by atoms with Crippen LogP contribution in [0.15, 0.2) is 53.3 Å². The smallest absolute Gasteiger partial charge is 0.272 e. The summed E-state index contributed by atoms with van der Waals surface area (Å²) in [6.45, 7) is 1.88. The van der Waals surface area contributed by atoms with Gasteiger partial charge >= 0.3 is 0 Å². The van der Waals surface area contributed by atoms with Crippen LogP contribution in [0.25, 0.3) is 22.0 Å². The highest BCUT2D eigenvalue weighted by atomic mass is 35.5. The van der Waals surface area contributed by atoms with Gasteiger partial charge < -0.3 is 10.6 Å². The van der Waals surface area contributed by atoms with Crippen LogP contribution in [0.3, 0.4) is 0 Å². The molecular weight excluding hydrogens is 379 g/mol. The van der Waals surface area contributed by atoms with Crippen molar-refractivity contribution < 1.29 is 4.39 Å². The van der Waals surface area contributed by atoms with E-state index in [1.54, 1.807) is 0 Å². The first-order valence-electron chi connectivity index (χ1n) is 9.38. The molecule has 0 bridgehead atoms. The molecule has 28 heavy (non-hydrogen) atoms. The Bertz CT molecular complexity index is 931. The first kappa shape index (κ1) is 21.9. The van der Waals surface area contributed by atoms with Crippen LogP contribution < -0.4 is 16.2 Å². The van der Waals surface area contributed by atoms with Gasteiger partial charge in [-0.3, -0.25) is 4.79 Å². The van der Waals surface area contributed by atoms with Crippen molar-refractivity contribution in [3.05, 3.63) is 58.9 Å². The molecule has 0 atom stereocenters. The highest BCUT2D eigenvalue weighted by molar-refractivity contribution is 5.94. The maximum absolute atomic E-state index is 12.0. The molecule has 0 unspecified atom stereocenters. The van der Waals surface area contributed by atoms with E-state index < -0.39 is 0 Å². The standard InChI is InChI=1S/C21H25FN4O.ClH/c22-11-14-23-12-4-1-5-13-24-17-8-6-7-16(15-17)20-18-9-2-3-10-19(18)21(27)26-25-20;/h2-3,6-10,15,23-24H,1,4-5,11-14H2,(H,26,27);1H. The van der Waals surface area contributed by atoms with Crippen LogP contribution in [0.4, 0.5) is 10.1 Å². The molecule has 0 aliphatic heterocycles. The highest BCUT2D eigenvalue weighted by Crippen LogP contribution is 2.26. The first-order valence-corrected chi connectivity index (χ1v) is 9.38. The summed E-state index contributed by atoms with van der Waals surface area (Å²) in [6.07, 6.45) is 3.20. The second kappa shape index (κ2) is 11.4. The molecule has 0 aliphatic rings. The Morgan fingerprint density at radius 1 is 0.929 bits per heavy atom. The third-order valence-electron chi connectivity index (χ3n) is 4.46.